The Morgan fingerprint density at radius 2 is 2.06 bits per heavy atom. The number of fused-ring (bicyclic) bond motifs is 1. The van der Waals surface area contributed by atoms with Crippen molar-refractivity contribution < 1.29 is 13.9 Å². The Hall–Kier alpha value is -3.72. The molecule has 0 unspecified atom stereocenters. The Kier molecular flexibility index (Phi) is 5.26. The van der Waals surface area contributed by atoms with Crippen LogP contribution in [0.3, 0.4) is 0 Å². The molecule has 1 saturated carbocycles. The summed E-state index contributed by atoms with van der Waals surface area (Å²) in [5.41, 5.74) is 4.42. The van der Waals surface area contributed by atoms with Gasteiger partial charge < -0.3 is 19.8 Å². The number of aryl methyl sites for hydroxylation is 1. The number of rotatable bonds is 6. The molecule has 1 saturated heterocycles. The van der Waals surface area contributed by atoms with Gasteiger partial charge in [-0.15, -0.1) is 0 Å². The average Bonchev–Trinajstić information content (AvgIpc) is 3.35. The Balaban J connectivity index is 1.28. The minimum Gasteiger partial charge on any atom is -0.487 e. The summed E-state index contributed by atoms with van der Waals surface area (Å²) in [6, 6.07) is 7.69. The Bertz CT molecular complexity index is 1350. The number of ether oxygens (including phenoxy) is 1. The number of hydrogen-bond acceptors (Lipinski definition) is 7. The van der Waals surface area contributed by atoms with E-state index in [1.807, 2.05) is 29.8 Å². The number of nitrogens with zero attached hydrogens (tertiary/aromatic N) is 4. The lowest BCUT2D eigenvalue weighted by molar-refractivity contribution is 0.102. The van der Waals surface area contributed by atoms with Crippen LogP contribution in [-0.2, 0) is 0 Å². The summed E-state index contributed by atoms with van der Waals surface area (Å²) < 4.78 is 13.5. The van der Waals surface area contributed by atoms with Crippen molar-refractivity contribution in [2.45, 2.75) is 44.6 Å². The molecule has 5 heterocycles. The van der Waals surface area contributed by atoms with Crippen LogP contribution in [0.2, 0.25) is 0 Å². The first-order valence-electron chi connectivity index (χ1n) is 11.7. The molecule has 0 bridgehead atoms. The van der Waals surface area contributed by atoms with Gasteiger partial charge in [0.2, 0.25) is 5.89 Å². The van der Waals surface area contributed by atoms with E-state index in [4.69, 9.17) is 14.3 Å². The first-order chi connectivity index (χ1) is 16.6. The fourth-order valence-corrected chi connectivity index (χ4v) is 4.29. The molecule has 2 fully saturated rings. The molecule has 2 N–H and O–H groups in total. The van der Waals surface area contributed by atoms with E-state index in [9.17, 15) is 4.79 Å². The highest BCUT2D eigenvalue weighted by atomic mass is 16.5. The summed E-state index contributed by atoms with van der Waals surface area (Å²) in [6.07, 6.45) is 9.28. The Labute approximate surface area is 196 Å². The number of carbonyl (C=O) groups is 1. The first-order valence-corrected chi connectivity index (χ1v) is 11.7. The third kappa shape index (κ3) is 4.26. The second-order valence-corrected chi connectivity index (χ2v) is 9.01. The number of anilines is 1. The van der Waals surface area contributed by atoms with Crippen molar-refractivity contribution in [3.05, 3.63) is 60.0 Å². The lowest BCUT2D eigenvalue weighted by Gasteiger charge is -2.20. The van der Waals surface area contributed by atoms with Gasteiger partial charge >= 0.3 is 0 Å². The van der Waals surface area contributed by atoms with Crippen molar-refractivity contribution in [2.75, 3.05) is 18.4 Å². The quantitative estimate of drug-likeness (QED) is 0.450. The fraction of sp³-hybridized carbons (Fsp3) is 0.360. The maximum atomic E-state index is 13.0. The molecule has 174 valence electrons. The summed E-state index contributed by atoms with van der Waals surface area (Å²) in [7, 11) is 0. The van der Waals surface area contributed by atoms with Crippen LogP contribution in [0, 0.1) is 6.92 Å². The third-order valence-corrected chi connectivity index (χ3v) is 6.28. The molecule has 2 aliphatic rings. The number of pyridine rings is 2. The highest BCUT2D eigenvalue weighted by Crippen LogP contribution is 2.34. The molecule has 0 radical (unpaired) electrons. The molecule has 9 nitrogen and oxygen atoms in total. The summed E-state index contributed by atoms with van der Waals surface area (Å²) in [4.78, 5) is 21.6. The van der Waals surface area contributed by atoms with E-state index in [0.717, 1.165) is 61.2 Å². The van der Waals surface area contributed by atoms with Crippen molar-refractivity contribution in [1.29, 1.82) is 0 Å². The number of nitrogens with one attached hydrogen (secondary N) is 2. The van der Waals surface area contributed by atoms with E-state index in [1.54, 1.807) is 12.3 Å². The van der Waals surface area contributed by atoms with Crippen LogP contribution in [-0.4, -0.2) is 44.7 Å². The molecule has 6 rings (SSSR count). The van der Waals surface area contributed by atoms with Crippen LogP contribution in [0.5, 0.6) is 5.75 Å². The number of aromatic nitrogens is 4. The van der Waals surface area contributed by atoms with Crippen LogP contribution < -0.4 is 15.4 Å². The summed E-state index contributed by atoms with van der Waals surface area (Å²) in [5, 5.41) is 11.2. The minimum absolute atomic E-state index is 0.182. The maximum absolute atomic E-state index is 13.0. The topological polar surface area (TPSA) is 107 Å². The van der Waals surface area contributed by atoms with E-state index in [1.165, 1.54) is 6.26 Å². The molecular formula is C25H26N6O3. The highest BCUT2D eigenvalue weighted by Gasteiger charge is 2.26. The Morgan fingerprint density at radius 3 is 2.85 bits per heavy atom. The molecule has 1 aliphatic carbocycles. The molecule has 0 aromatic carbocycles. The van der Waals surface area contributed by atoms with E-state index >= 15 is 0 Å². The fourth-order valence-electron chi connectivity index (χ4n) is 4.29. The van der Waals surface area contributed by atoms with Crippen LogP contribution in [0.4, 0.5) is 5.69 Å². The largest absolute Gasteiger partial charge is 0.487 e. The molecule has 4 aromatic rings. The summed E-state index contributed by atoms with van der Waals surface area (Å²) in [6.45, 7) is 3.91. The van der Waals surface area contributed by atoms with Crippen LogP contribution in [0.15, 0.2) is 47.3 Å². The van der Waals surface area contributed by atoms with Gasteiger partial charge in [-0.3, -0.25) is 9.78 Å². The Morgan fingerprint density at radius 1 is 1.21 bits per heavy atom. The van der Waals surface area contributed by atoms with E-state index in [-0.39, 0.29) is 17.7 Å². The number of piperidine rings is 1. The molecule has 0 spiro atoms. The van der Waals surface area contributed by atoms with Crippen molar-refractivity contribution >= 4 is 17.1 Å². The van der Waals surface area contributed by atoms with E-state index in [0.29, 0.717) is 23.2 Å². The smallest absolute Gasteiger partial charge is 0.277 e. The summed E-state index contributed by atoms with van der Waals surface area (Å²) >= 11 is 0. The monoisotopic (exact) mass is 458 g/mol. The van der Waals surface area contributed by atoms with Crippen molar-refractivity contribution in [2.24, 2.45) is 0 Å². The van der Waals surface area contributed by atoms with Crippen molar-refractivity contribution in [3.8, 4) is 17.2 Å². The normalized spacial score (nSPS) is 16.6. The van der Waals surface area contributed by atoms with E-state index < -0.39 is 0 Å². The third-order valence-electron chi connectivity index (χ3n) is 6.28. The number of oxazole rings is 1. The van der Waals surface area contributed by atoms with Gasteiger partial charge in [-0.05, 0) is 70.0 Å². The van der Waals surface area contributed by atoms with Crippen LogP contribution >= 0.6 is 0 Å². The van der Waals surface area contributed by atoms with Gasteiger partial charge in [-0.1, -0.05) is 0 Å². The van der Waals surface area contributed by atoms with Gasteiger partial charge in [-0.25, -0.2) is 9.50 Å². The lowest BCUT2D eigenvalue weighted by atomic mass is 9.95. The number of carbonyl (C=O) groups excluding carboxylic acids is 1. The van der Waals surface area contributed by atoms with Gasteiger partial charge in [0.05, 0.1) is 29.2 Å². The minimum atomic E-state index is -0.358. The van der Waals surface area contributed by atoms with Crippen LogP contribution in [0.25, 0.3) is 17.0 Å². The second-order valence-electron chi connectivity index (χ2n) is 9.01. The molecule has 9 heteroatoms. The maximum Gasteiger partial charge on any atom is 0.277 e. The zero-order valence-corrected chi connectivity index (χ0v) is 19.0. The second kappa shape index (κ2) is 8.57. The van der Waals surface area contributed by atoms with E-state index in [2.05, 4.69) is 26.7 Å². The molecule has 1 aliphatic heterocycles. The molecular weight excluding hydrogens is 432 g/mol. The van der Waals surface area contributed by atoms with Gasteiger partial charge in [0, 0.05) is 23.4 Å². The molecule has 34 heavy (non-hydrogen) atoms. The van der Waals surface area contributed by atoms with Gasteiger partial charge in [-0.2, -0.15) is 5.10 Å². The molecule has 4 aromatic heterocycles. The number of amides is 1. The van der Waals surface area contributed by atoms with Crippen LogP contribution in [0.1, 0.15) is 53.5 Å². The van der Waals surface area contributed by atoms with Crippen molar-refractivity contribution in [1.82, 2.24) is 24.9 Å². The highest BCUT2D eigenvalue weighted by molar-refractivity contribution is 6.04. The zero-order valence-electron chi connectivity index (χ0n) is 19.0. The molecule has 0 atom stereocenters. The summed E-state index contributed by atoms with van der Waals surface area (Å²) in [5.74, 6) is 1.07. The van der Waals surface area contributed by atoms with Crippen molar-refractivity contribution in [3.63, 3.8) is 0 Å². The SMILES string of the molecule is Cc1cc(-c2nc(C(=O)Nc3cc4cc(C5CCNCC5)nn4cc3OC3CC3)co2)ccn1. The lowest BCUT2D eigenvalue weighted by Crippen LogP contribution is -2.26. The first kappa shape index (κ1) is 20.9. The number of hydrogen-bond donors (Lipinski definition) is 2. The van der Waals surface area contributed by atoms with Gasteiger partial charge in [0.1, 0.15) is 6.26 Å². The predicted octanol–water partition coefficient (Wildman–Crippen LogP) is 3.95. The van der Waals surface area contributed by atoms with Gasteiger partial charge in [0.25, 0.3) is 5.91 Å². The van der Waals surface area contributed by atoms with Gasteiger partial charge in [0.15, 0.2) is 11.4 Å². The molecule has 1 amide bonds. The standard InChI is InChI=1S/C25H26N6O3/c1-15-10-17(6-9-27-15)25-29-22(14-33-25)24(32)28-21-12-18-11-20(16-4-7-26-8-5-16)30-31(18)13-23(21)34-19-2-3-19/h6,9-14,16,19,26H,2-5,7-8H2,1H3,(H,28,32). The predicted molar refractivity (Wildman–Crippen MR) is 126 cm³/mol. The zero-order chi connectivity index (χ0) is 23.1. The average molecular weight is 459 g/mol.